The van der Waals surface area contributed by atoms with Crippen LogP contribution >= 0.6 is 0 Å². The lowest BCUT2D eigenvalue weighted by Gasteiger charge is -2.47. The Kier molecular flexibility index (Phi) is 18.1. The summed E-state index contributed by atoms with van der Waals surface area (Å²) < 4.78 is 51.7. The first kappa shape index (κ1) is 57.2. The highest BCUT2D eigenvalue weighted by molar-refractivity contribution is 5.83. The highest BCUT2D eigenvalue weighted by Crippen LogP contribution is 2.35. The molecule has 0 unspecified atom stereocenters. The third-order valence-corrected chi connectivity index (χ3v) is 15.3. The van der Waals surface area contributed by atoms with Crippen molar-refractivity contribution in [3.8, 4) is 17.1 Å². The minimum atomic E-state index is -1.65. The maximum atomic E-state index is 11.9. The number of imidazole rings is 1. The predicted octanol–water partition coefficient (Wildman–Crippen LogP) is -5.91. The van der Waals surface area contributed by atoms with Crippen molar-refractivity contribution in [1.29, 1.82) is 0 Å². The zero-order chi connectivity index (χ0) is 55.6. The number of H-pyrrole nitrogens is 1. The molecule has 19 atom stereocenters. The molecule has 1 saturated carbocycles. The summed E-state index contributed by atoms with van der Waals surface area (Å²) in [6.45, 7) is 4.47. The van der Waals surface area contributed by atoms with Crippen LogP contribution in [-0.4, -0.2) is 245 Å². The van der Waals surface area contributed by atoms with E-state index in [1.165, 1.54) is 10.4 Å². The number of nitrogens with two attached hydrogens (primary N) is 6. The molecule has 1 aliphatic carbocycles. The summed E-state index contributed by atoms with van der Waals surface area (Å²) in [5.74, 6) is 1.48. The number of hydrogen-bond acceptors (Lipinski definition) is 27. The van der Waals surface area contributed by atoms with Gasteiger partial charge in [0.1, 0.15) is 96.7 Å². The van der Waals surface area contributed by atoms with Crippen LogP contribution in [-0.2, 0) is 59.5 Å². The van der Waals surface area contributed by atoms with Crippen LogP contribution in [0.1, 0.15) is 17.8 Å². The number of nitrogens with one attached hydrogen (secondary N) is 1. The van der Waals surface area contributed by atoms with Crippen molar-refractivity contribution in [2.45, 2.75) is 149 Å². The maximum absolute atomic E-state index is 11.9. The van der Waals surface area contributed by atoms with E-state index in [2.05, 4.69) is 60.7 Å². The number of fused-ring (bicyclic) bond motifs is 1. The Hall–Kier alpha value is -5.01. The van der Waals surface area contributed by atoms with Crippen molar-refractivity contribution in [3.63, 3.8) is 0 Å². The Bertz CT molecular complexity index is 2730. The lowest BCUT2D eigenvalue weighted by atomic mass is 9.84. The third-order valence-electron chi connectivity index (χ3n) is 15.3. The summed E-state index contributed by atoms with van der Waals surface area (Å²) in [6, 6.07) is 9.74. The third kappa shape index (κ3) is 12.7. The van der Waals surface area contributed by atoms with Gasteiger partial charge in [-0.3, -0.25) is 0 Å². The Morgan fingerprint density at radius 1 is 0.646 bits per heavy atom. The number of aromatic amines is 1. The maximum Gasteiger partial charge on any atom is 0.187 e. The number of nitrogens with zero attached hydrogens (tertiary/aromatic N) is 9. The van der Waals surface area contributed by atoms with Crippen molar-refractivity contribution in [2.24, 2.45) is 34.4 Å². The predicted molar refractivity (Wildman–Crippen MR) is 277 cm³/mol. The molecule has 5 aromatic rings. The van der Waals surface area contributed by atoms with E-state index in [0.717, 1.165) is 48.6 Å². The van der Waals surface area contributed by atoms with E-state index in [-0.39, 0.29) is 39.3 Å². The van der Waals surface area contributed by atoms with Gasteiger partial charge in [-0.1, -0.05) is 10.4 Å². The second-order valence-electron chi connectivity index (χ2n) is 20.9. The van der Waals surface area contributed by atoms with E-state index in [9.17, 15) is 30.6 Å². The fourth-order valence-electron chi connectivity index (χ4n) is 10.6. The molecule has 30 heteroatoms. The second kappa shape index (κ2) is 25.0. The van der Waals surface area contributed by atoms with Gasteiger partial charge in [-0.05, 0) is 55.9 Å². The van der Waals surface area contributed by atoms with Crippen molar-refractivity contribution in [2.75, 3.05) is 57.8 Å². The summed E-state index contributed by atoms with van der Waals surface area (Å²) in [4.78, 5) is 13.0. The van der Waals surface area contributed by atoms with Gasteiger partial charge < -0.3 is 118 Å². The smallest absolute Gasteiger partial charge is 0.187 e. The first-order chi connectivity index (χ1) is 38.0. The summed E-state index contributed by atoms with van der Waals surface area (Å²) in [6.07, 6.45) is -17.0. The van der Waals surface area contributed by atoms with Crippen LogP contribution in [0.4, 0.5) is 5.69 Å². The van der Waals surface area contributed by atoms with Crippen LogP contribution in [0.25, 0.3) is 22.4 Å². The van der Waals surface area contributed by atoms with E-state index in [0.29, 0.717) is 30.3 Å². The van der Waals surface area contributed by atoms with Gasteiger partial charge in [-0.15, -0.1) is 10.2 Å². The lowest BCUT2D eigenvalue weighted by Crippen LogP contribution is -2.68. The molecule has 0 amide bonds. The molecule has 7 heterocycles. The highest BCUT2D eigenvalue weighted by atomic mass is 16.8. The molecule has 4 saturated heterocycles. The largest absolute Gasteiger partial charge is 0.492 e. The van der Waals surface area contributed by atoms with Gasteiger partial charge in [0.2, 0.25) is 0 Å². The van der Waals surface area contributed by atoms with Gasteiger partial charge in [0, 0.05) is 62.6 Å². The fourth-order valence-corrected chi connectivity index (χ4v) is 10.6. The van der Waals surface area contributed by atoms with Crippen molar-refractivity contribution >= 4 is 16.7 Å². The number of rotatable bonds is 20. The number of likely N-dealkylation sites (N-methyl/N-ethyl adjacent to an activating group) is 1. The molecule has 0 radical (unpaired) electrons. The van der Waals surface area contributed by atoms with E-state index in [1.54, 1.807) is 17.1 Å². The van der Waals surface area contributed by atoms with Crippen LogP contribution < -0.4 is 44.0 Å². The normalized spacial score (nSPS) is 35.6. The molecule has 79 heavy (non-hydrogen) atoms. The molecule has 2 aromatic carbocycles. The SMILES string of the molecule is CN1CCN(c2ccc3nc(-c4ccc(OCCn5cc(COCc6cn(C[C@H]7O[C@@H](O[C@@H]8[C@@H](O)[C@H](N)C[C@H](N)[C@H]8O[C@H]8O[C@H](CN)[C@@H](O)[C@H](O)[C@H]8N)[C@H](O)[C@@H]7O[C@H]7O[C@@H](CN)[C@@H](O)[C@H](O)[C@H]7N)nn6)nn5)cc4)[nH]c3c2)CC1. The quantitative estimate of drug-likeness (QED) is 0.0345. The minimum absolute atomic E-state index is 0.0285. The van der Waals surface area contributed by atoms with Crippen LogP contribution in [0, 0.1) is 0 Å². The monoisotopic (exact) mass is 1110 g/mol. The molecule has 4 aliphatic heterocycles. The summed E-state index contributed by atoms with van der Waals surface area (Å²) in [5.41, 5.74) is 41.9. The summed E-state index contributed by atoms with van der Waals surface area (Å²) >= 11 is 0. The second-order valence-corrected chi connectivity index (χ2v) is 20.9. The minimum Gasteiger partial charge on any atom is -0.492 e. The van der Waals surface area contributed by atoms with E-state index in [1.807, 2.05) is 24.3 Å². The van der Waals surface area contributed by atoms with Crippen LogP contribution in [0.3, 0.4) is 0 Å². The van der Waals surface area contributed by atoms with Crippen molar-refractivity contribution < 1.29 is 68.5 Å². The molecular weight excluding hydrogens is 1040 g/mol. The standard InChI is InChI=1S/C49H74N16O14/c1-62-8-10-63(11-9-62)26-4-7-30-31(14-26)57-46(56-30)23-2-5-27(6-3-23)73-13-12-64-18-24(58-60-64)21-72-22-25-19-65(61-59-25)20-34-44(78-48-36(55)41(70)39(68)33(17-51)75-48)42(71)49(76-34)79-45-37(66)28(52)15-29(53)43(45)77-47-35(54)40(69)38(67)32(16-50)74-47/h2-7,14,18-19,28-29,32-45,47-49,66-71H,8-13,15-17,20-22,50-55H2,1H3,(H,56,57)/t28-,29+,32-,33+,34-,35-,36-,37+,38-,39-,40-,41-,42-,43-,44-,45-,47-,48-,49+/m1/s1. The number of benzene rings is 2. The van der Waals surface area contributed by atoms with Gasteiger partial charge >= 0.3 is 0 Å². The first-order valence-corrected chi connectivity index (χ1v) is 26.5. The molecule has 10 rings (SSSR count). The number of ether oxygens (including phenoxy) is 8. The number of aromatic nitrogens is 8. The van der Waals surface area contributed by atoms with Crippen molar-refractivity contribution in [3.05, 3.63) is 66.2 Å². The van der Waals surface area contributed by atoms with Gasteiger partial charge in [-0.25, -0.2) is 14.3 Å². The zero-order valence-electron chi connectivity index (χ0n) is 43.6. The van der Waals surface area contributed by atoms with E-state index < -0.39 is 116 Å². The molecule has 30 nitrogen and oxygen atoms in total. The van der Waals surface area contributed by atoms with Gasteiger partial charge in [0.15, 0.2) is 18.9 Å². The van der Waals surface area contributed by atoms with Gasteiger partial charge in [-0.2, -0.15) is 0 Å². The van der Waals surface area contributed by atoms with Crippen molar-refractivity contribution in [1.82, 2.24) is 44.9 Å². The average molecular weight is 1110 g/mol. The molecular formula is C49H74N16O14. The summed E-state index contributed by atoms with van der Waals surface area (Å²) in [7, 11) is 2.15. The first-order valence-electron chi connectivity index (χ1n) is 26.5. The number of hydrogen-bond donors (Lipinski definition) is 13. The Balaban J connectivity index is 0.734. The lowest BCUT2D eigenvalue weighted by molar-refractivity contribution is -0.306. The molecule has 5 fully saturated rings. The average Bonchev–Trinajstić information content (AvgIpc) is 4.29. The van der Waals surface area contributed by atoms with E-state index >= 15 is 0 Å². The topological polar surface area (TPSA) is 448 Å². The molecule has 0 bridgehead atoms. The molecule has 0 spiro atoms. The summed E-state index contributed by atoms with van der Waals surface area (Å²) in [5, 5.41) is 82.7. The zero-order valence-corrected chi connectivity index (χ0v) is 43.6. The van der Waals surface area contributed by atoms with Gasteiger partial charge in [0.05, 0.1) is 67.9 Å². The number of anilines is 1. The fraction of sp³-hybridized carbons (Fsp3) is 0.653. The molecule has 434 valence electrons. The molecule has 5 aliphatic rings. The van der Waals surface area contributed by atoms with Crippen LogP contribution in [0.15, 0.2) is 54.9 Å². The van der Waals surface area contributed by atoms with E-state index in [4.69, 9.17) is 77.3 Å². The number of aliphatic hydroxyl groups excluding tert-OH is 6. The Morgan fingerprint density at radius 3 is 1.89 bits per heavy atom. The Labute approximate surface area is 453 Å². The van der Waals surface area contributed by atoms with Crippen LogP contribution in [0.2, 0.25) is 0 Å². The molecule has 19 N–H and O–H groups in total. The highest BCUT2D eigenvalue weighted by Gasteiger charge is 2.54. The number of piperazine rings is 1. The van der Waals surface area contributed by atoms with Gasteiger partial charge in [0.25, 0.3) is 0 Å². The van der Waals surface area contributed by atoms with Crippen LogP contribution in [0.5, 0.6) is 5.75 Å². The Morgan fingerprint density at radius 2 is 1.24 bits per heavy atom. The number of aliphatic hydroxyl groups is 6. The molecule has 3 aromatic heterocycles.